The van der Waals surface area contributed by atoms with E-state index in [4.69, 9.17) is 32.7 Å². The fourth-order valence-electron chi connectivity index (χ4n) is 4.92. The zero-order valence-corrected chi connectivity index (χ0v) is 19.6. The number of morpholine rings is 1. The SMILES string of the molecule is CCC(CC)C(CNC(=O)C1(c2ccc(Cl)cc2Cl)CCOCC1)N1CCOCC1. The van der Waals surface area contributed by atoms with Gasteiger partial charge in [-0.2, -0.15) is 0 Å². The second-order valence-corrected chi connectivity index (χ2v) is 9.16. The molecule has 2 aliphatic heterocycles. The van der Waals surface area contributed by atoms with Crippen LogP contribution in [0.4, 0.5) is 0 Å². The lowest BCUT2D eigenvalue weighted by Gasteiger charge is -2.41. The number of nitrogens with one attached hydrogen (secondary N) is 1. The number of ether oxygens (including phenoxy) is 2. The third-order valence-corrected chi connectivity index (χ3v) is 7.35. The van der Waals surface area contributed by atoms with Crippen molar-refractivity contribution in [2.45, 2.75) is 51.0 Å². The second-order valence-electron chi connectivity index (χ2n) is 8.32. The van der Waals surface area contributed by atoms with Crippen molar-refractivity contribution in [1.29, 1.82) is 0 Å². The molecule has 1 aromatic carbocycles. The first-order valence-corrected chi connectivity index (χ1v) is 11.9. The van der Waals surface area contributed by atoms with Gasteiger partial charge in [-0.15, -0.1) is 0 Å². The number of carbonyl (C=O) groups is 1. The van der Waals surface area contributed by atoms with Gasteiger partial charge in [0.1, 0.15) is 0 Å². The van der Waals surface area contributed by atoms with Gasteiger partial charge in [-0.1, -0.05) is 56.0 Å². The number of halogens is 2. The van der Waals surface area contributed by atoms with Crippen molar-refractivity contribution in [2.75, 3.05) is 46.1 Å². The Labute approximate surface area is 190 Å². The summed E-state index contributed by atoms with van der Waals surface area (Å²) in [6.45, 7) is 9.54. The summed E-state index contributed by atoms with van der Waals surface area (Å²) in [6.07, 6.45) is 3.42. The minimum atomic E-state index is -0.677. The van der Waals surface area contributed by atoms with E-state index in [0.29, 0.717) is 54.6 Å². The van der Waals surface area contributed by atoms with Crippen LogP contribution in [0.15, 0.2) is 18.2 Å². The summed E-state index contributed by atoms with van der Waals surface area (Å²) in [7, 11) is 0. The molecule has 0 saturated carbocycles. The molecule has 7 heteroatoms. The van der Waals surface area contributed by atoms with Crippen molar-refractivity contribution in [1.82, 2.24) is 10.2 Å². The van der Waals surface area contributed by atoms with Gasteiger partial charge in [-0.05, 0) is 36.5 Å². The molecule has 168 valence electrons. The zero-order chi connectivity index (χ0) is 21.6. The summed E-state index contributed by atoms with van der Waals surface area (Å²) in [5, 5.41) is 4.43. The van der Waals surface area contributed by atoms with Crippen LogP contribution < -0.4 is 5.32 Å². The van der Waals surface area contributed by atoms with Gasteiger partial charge in [0.15, 0.2) is 0 Å². The first kappa shape index (κ1) is 23.8. The molecule has 1 unspecified atom stereocenters. The minimum absolute atomic E-state index is 0.0410. The van der Waals surface area contributed by atoms with Crippen molar-refractivity contribution < 1.29 is 14.3 Å². The van der Waals surface area contributed by atoms with Crippen LogP contribution in [-0.2, 0) is 19.7 Å². The quantitative estimate of drug-likeness (QED) is 0.633. The molecule has 1 N–H and O–H groups in total. The lowest BCUT2D eigenvalue weighted by Crippen LogP contribution is -2.55. The highest BCUT2D eigenvalue weighted by molar-refractivity contribution is 6.35. The topological polar surface area (TPSA) is 50.8 Å². The molecule has 0 spiro atoms. The molecule has 1 atom stereocenters. The summed E-state index contributed by atoms with van der Waals surface area (Å²) in [5.41, 5.74) is 0.170. The Hall–Kier alpha value is -0.850. The number of amides is 1. The Kier molecular flexibility index (Phi) is 8.84. The van der Waals surface area contributed by atoms with Crippen LogP contribution in [0.2, 0.25) is 10.0 Å². The molecule has 2 fully saturated rings. The van der Waals surface area contributed by atoms with Gasteiger partial charge in [0.2, 0.25) is 5.91 Å². The van der Waals surface area contributed by atoms with Gasteiger partial charge in [0.05, 0.1) is 18.6 Å². The van der Waals surface area contributed by atoms with Gasteiger partial charge in [0, 0.05) is 48.9 Å². The Morgan fingerprint density at radius 2 is 1.73 bits per heavy atom. The number of hydrogen-bond acceptors (Lipinski definition) is 4. The number of rotatable bonds is 8. The molecule has 2 heterocycles. The van der Waals surface area contributed by atoms with Crippen LogP contribution in [0.3, 0.4) is 0 Å². The van der Waals surface area contributed by atoms with E-state index in [9.17, 15) is 4.79 Å². The van der Waals surface area contributed by atoms with Crippen molar-refractivity contribution in [2.24, 2.45) is 5.92 Å². The summed E-state index contributed by atoms with van der Waals surface area (Å²) in [6, 6.07) is 5.75. The fourth-order valence-corrected chi connectivity index (χ4v) is 5.51. The lowest BCUT2D eigenvalue weighted by atomic mass is 9.73. The monoisotopic (exact) mass is 456 g/mol. The molecule has 1 aromatic rings. The van der Waals surface area contributed by atoms with Gasteiger partial charge >= 0.3 is 0 Å². The lowest BCUT2D eigenvalue weighted by molar-refractivity contribution is -0.131. The van der Waals surface area contributed by atoms with Crippen LogP contribution in [0.1, 0.15) is 45.1 Å². The van der Waals surface area contributed by atoms with Crippen LogP contribution >= 0.6 is 23.2 Å². The number of nitrogens with zero attached hydrogens (tertiary/aromatic N) is 1. The molecule has 0 bridgehead atoms. The Balaban J connectivity index is 1.80. The first-order valence-electron chi connectivity index (χ1n) is 11.1. The average molecular weight is 457 g/mol. The summed E-state index contributed by atoms with van der Waals surface area (Å²) >= 11 is 12.7. The maximum absolute atomic E-state index is 13.6. The molecule has 1 amide bonds. The third kappa shape index (κ3) is 5.31. The molecule has 0 aromatic heterocycles. The van der Waals surface area contributed by atoms with Crippen LogP contribution in [-0.4, -0.2) is 62.9 Å². The molecule has 2 saturated heterocycles. The van der Waals surface area contributed by atoms with E-state index in [-0.39, 0.29) is 5.91 Å². The molecule has 0 radical (unpaired) electrons. The highest BCUT2D eigenvalue weighted by Crippen LogP contribution is 2.40. The van der Waals surface area contributed by atoms with Gasteiger partial charge in [0.25, 0.3) is 0 Å². The summed E-state index contributed by atoms with van der Waals surface area (Å²) in [4.78, 5) is 16.1. The standard InChI is InChI=1S/C23H34Cl2N2O3/c1-3-17(4-2)21(27-9-13-30-14-10-27)16-26-22(28)23(7-11-29-12-8-23)19-6-5-18(24)15-20(19)25/h5-6,15,17,21H,3-4,7-14,16H2,1-2H3,(H,26,28). The van der Waals surface area contributed by atoms with Crippen LogP contribution in [0, 0.1) is 5.92 Å². The maximum atomic E-state index is 13.6. The molecule has 3 rings (SSSR count). The Morgan fingerprint density at radius 3 is 2.33 bits per heavy atom. The molecular formula is C23H34Cl2N2O3. The van der Waals surface area contributed by atoms with E-state index in [1.165, 1.54) is 0 Å². The minimum Gasteiger partial charge on any atom is -0.381 e. The summed E-state index contributed by atoms with van der Waals surface area (Å²) in [5.74, 6) is 0.576. The molecule has 30 heavy (non-hydrogen) atoms. The van der Waals surface area contributed by atoms with Crippen molar-refractivity contribution in [3.8, 4) is 0 Å². The smallest absolute Gasteiger partial charge is 0.230 e. The van der Waals surface area contributed by atoms with Crippen LogP contribution in [0.25, 0.3) is 0 Å². The molecular weight excluding hydrogens is 423 g/mol. The Bertz CT molecular complexity index is 700. The largest absolute Gasteiger partial charge is 0.381 e. The third-order valence-electron chi connectivity index (χ3n) is 6.81. The normalized spacial score (nSPS) is 20.8. The molecule has 5 nitrogen and oxygen atoms in total. The highest BCUT2D eigenvalue weighted by Gasteiger charge is 2.43. The second kappa shape index (κ2) is 11.1. The fraction of sp³-hybridized carbons (Fsp3) is 0.696. The number of hydrogen-bond donors (Lipinski definition) is 1. The predicted octanol–water partition coefficient (Wildman–Crippen LogP) is 4.29. The van der Waals surface area contributed by atoms with Gasteiger partial charge in [-0.25, -0.2) is 0 Å². The van der Waals surface area contributed by atoms with E-state index < -0.39 is 5.41 Å². The number of carbonyl (C=O) groups excluding carboxylic acids is 1. The van der Waals surface area contributed by atoms with Gasteiger partial charge in [-0.3, -0.25) is 9.69 Å². The van der Waals surface area contributed by atoms with Crippen LogP contribution in [0.5, 0.6) is 0 Å². The Morgan fingerprint density at radius 1 is 1.10 bits per heavy atom. The van der Waals surface area contributed by atoms with Crippen molar-refractivity contribution >= 4 is 29.1 Å². The maximum Gasteiger partial charge on any atom is 0.230 e. The molecule has 0 aliphatic carbocycles. The van der Waals surface area contributed by atoms with E-state index >= 15 is 0 Å². The van der Waals surface area contributed by atoms with Crippen molar-refractivity contribution in [3.05, 3.63) is 33.8 Å². The zero-order valence-electron chi connectivity index (χ0n) is 18.1. The number of benzene rings is 1. The average Bonchev–Trinajstić information content (AvgIpc) is 2.77. The highest BCUT2D eigenvalue weighted by atomic mass is 35.5. The first-order chi connectivity index (χ1) is 14.5. The summed E-state index contributed by atoms with van der Waals surface area (Å²) < 4.78 is 11.1. The predicted molar refractivity (Wildman–Crippen MR) is 121 cm³/mol. The van der Waals surface area contributed by atoms with Crippen molar-refractivity contribution in [3.63, 3.8) is 0 Å². The van der Waals surface area contributed by atoms with E-state index in [0.717, 1.165) is 44.7 Å². The van der Waals surface area contributed by atoms with E-state index in [1.807, 2.05) is 12.1 Å². The van der Waals surface area contributed by atoms with E-state index in [1.54, 1.807) is 6.07 Å². The van der Waals surface area contributed by atoms with Gasteiger partial charge < -0.3 is 14.8 Å². The molecule has 2 aliphatic rings. The van der Waals surface area contributed by atoms with E-state index in [2.05, 4.69) is 24.1 Å².